The Balaban J connectivity index is 0.000000141. The van der Waals surface area contributed by atoms with Gasteiger partial charge >= 0.3 is 17.1 Å². The Morgan fingerprint density at radius 1 is 0.364 bits per heavy atom. The number of benzene rings is 5. The summed E-state index contributed by atoms with van der Waals surface area (Å²) in [5, 5.41) is 34.9. The minimum atomic E-state index is -0.0678. The maximum Gasteiger partial charge on any atom is 1.00 e. The van der Waals surface area contributed by atoms with Crippen molar-refractivity contribution in [3.8, 4) is 17.2 Å². The minimum Gasteiger partial charge on any atom is -0.872 e. The van der Waals surface area contributed by atoms with Gasteiger partial charge in [-0.15, -0.1) is 5.75 Å². The van der Waals surface area contributed by atoms with Crippen LogP contribution in [0, 0.1) is 27.7 Å². The van der Waals surface area contributed by atoms with Crippen LogP contribution in [0.25, 0.3) is 43.6 Å². The van der Waals surface area contributed by atoms with Crippen LogP contribution in [0.2, 0.25) is 0 Å². The van der Waals surface area contributed by atoms with Gasteiger partial charge in [0.05, 0.1) is 22.1 Å². The second-order valence-corrected chi connectivity index (χ2v) is 13.4. The molecule has 7 nitrogen and oxygen atoms in total. The van der Waals surface area contributed by atoms with Gasteiger partial charge in [0.1, 0.15) is 11.5 Å². The summed E-state index contributed by atoms with van der Waals surface area (Å²) in [5.41, 5.74) is 11.1. The van der Waals surface area contributed by atoms with Gasteiger partial charge in [-0.25, -0.2) is 0 Å². The van der Waals surface area contributed by atoms with Crippen LogP contribution in [0.5, 0.6) is 17.2 Å². The van der Waals surface area contributed by atoms with Gasteiger partial charge in [-0.05, 0) is 92.9 Å². The van der Waals surface area contributed by atoms with E-state index in [0.717, 1.165) is 83.1 Å². The zero-order valence-electron chi connectivity index (χ0n) is 30.8. The second-order valence-electron chi connectivity index (χ2n) is 13.4. The summed E-state index contributed by atoms with van der Waals surface area (Å²) in [6.45, 7) is 8.03. The first-order chi connectivity index (χ1) is 26.1. The number of rotatable bonds is 3. The van der Waals surface area contributed by atoms with E-state index < -0.39 is 0 Å². The van der Waals surface area contributed by atoms with Gasteiger partial charge in [0.15, 0.2) is 0 Å². The fourth-order valence-corrected chi connectivity index (χ4v) is 6.50. The van der Waals surface area contributed by atoms with E-state index in [2.05, 4.69) is 68.5 Å². The minimum absolute atomic E-state index is 0. The van der Waals surface area contributed by atoms with Crippen LogP contribution in [0.1, 0.15) is 45.4 Å². The summed E-state index contributed by atoms with van der Waals surface area (Å²) >= 11 is 0. The summed E-state index contributed by atoms with van der Waals surface area (Å²) < 4.78 is 0. The molecule has 8 heteroatoms. The molecule has 0 amide bonds. The standard InChI is InChI=1S/C19H16O3.2C14H12N2.Cu/c20-16-7-1-13(2-8-16)19(14-3-9-17(21)10-4-14)15-5-11-18(22)12-6-15;2*1-9-3-5-11-7-8-12-6-4-10(2)16-14(12)13(11)15-9;/h1-12,19-22H;2*3-8H,1-2H3;/q;;;+1/p-1. The number of pyridine rings is 4. The number of aryl methyl sites for hydroxylation is 4. The molecule has 0 radical (unpaired) electrons. The molecule has 0 aliphatic carbocycles. The monoisotopic (exact) mass is 770 g/mol. The average Bonchev–Trinajstić information content (AvgIpc) is 3.17. The van der Waals surface area contributed by atoms with Crippen molar-refractivity contribution >= 4 is 43.6 Å². The molecule has 0 unspecified atom stereocenters. The first-order valence-corrected chi connectivity index (χ1v) is 17.7. The molecule has 55 heavy (non-hydrogen) atoms. The summed E-state index contributed by atoms with van der Waals surface area (Å²) in [7, 11) is 0. The third-order valence-corrected chi connectivity index (χ3v) is 9.26. The Kier molecular flexibility index (Phi) is 11.7. The Labute approximate surface area is 330 Å². The van der Waals surface area contributed by atoms with E-state index in [4.69, 9.17) is 0 Å². The average molecular weight is 771 g/mol. The van der Waals surface area contributed by atoms with E-state index in [9.17, 15) is 15.3 Å². The van der Waals surface area contributed by atoms with Gasteiger partial charge in [-0.2, -0.15) is 0 Å². The summed E-state index contributed by atoms with van der Waals surface area (Å²) in [6, 6.07) is 45.6. The largest absolute Gasteiger partial charge is 1.00 e. The van der Waals surface area contributed by atoms with Crippen molar-refractivity contribution in [3.63, 3.8) is 0 Å². The Bertz CT molecular complexity index is 2380. The first-order valence-electron chi connectivity index (χ1n) is 17.7. The number of aromatic hydroxyl groups is 2. The summed E-state index contributed by atoms with van der Waals surface area (Å²) in [5.74, 6) is 0.326. The number of phenolic OH excluding ortho intramolecular Hbond substituents is 2. The zero-order valence-corrected chi connectivity index (χ0v) is 31.8. The number of nitrogens with zero attached hydrogens (tertiary/aromatic N) is 4. The molecule has 4 heterocycles. The van der Waals surface area contributed by atoms with Crippen molar-refractivity contribution in [1.82, 2.24) is 19.9 Å². The molecule has 0 bridgehead atoms. The van der Waals surface area contributed by atoms with Crippen LogP contribution >= 0.6 is 0 Å². The Hall–Kier alpha value is -6.34. The fourth-order valence-electron chi connectivity index (χ4n) is 6.50. The number of fused-ring (bicyclic) bond motifs is 6. The van der Waals surface area contributed by atoms with Gasteiger partial charge < -0.3 is 15.3 Å². The number of aromatic nitrogens is 4. The van der Waals surface area contributed by atoms with Crippen molar-refractivity contribution in [2.75, 3.05) is 0 Å². The normalized spacial score (nSPS) is 10.8. The first kappa shape index (κ1) is 38.4. The summed E-state index contributed by atoms with van der Waals surface area (Å²) in [4.78, 5) is 18.3. The number of hydrogen-bond acceptors (Lipinski definition) is 7. The van der Waals surface area contributed by atoms with E-state index in [1.165, 1.54) is 0 Å². The molecule has 0 spiro atoms. The van der Waals surface area contributed by atoms with E-state index >= 15 is 0 Å². The van der Waals surface area contributed by atoms with Crippen LogP contribution in [-0.4, -0.2) is 30.1 Å². The molecule has 4 aromatic heterocycles. The smallest absolute Gasteiger partial charge is 0.872 e. The van der Waals surface area contributed by atoms with E-state index in [-0.39, 0.29) is 40.2 Å². The quantitative estimate of drug-likeness (QED) is 0.104. The van der Waals surface area contributed by atoms with Gasteiger partial charge in [0.25, 0.3) is 0 Å². The molecule has 2 N–H and O–H groups in total. The molecule has 0 aliphatic heterocycles. The van der Waals surface area contributed by atoms with Crippen molar-refractivity contribution in [3.05, 3.63) is 185 Å². The van der Waals surface area contributed by atoms with Crippen LogP contribution in [0.3, 0.4) is 0 Å². The molecule has 0 fully saturated rings. The molecule has 0 saturated heterocycles. The Morgan fingerprint density at radius 2 is 0.600 bits per heavy atom. The summed E-state index contributed by atoms with van der Waals surface area (Å²) in [6.07, 6.45) is 0. The van der Waals surface area contributed by atoms with Gasteiger partial charge in [0, 0.05) is 50.2 Å². The van der Waals surface area contributed by atoms with Crippen LogP contribution < -0.4 is 5.11 Å². The zero-order chi connectivity index (χ0) is 37.8. The molecule has 0 atom stereocenters. The topological polar surface area (TPSA) is 115 Å². The van der Waals surface area contributed by atoms with Gasteiger partial charge in [0.2, 0.25) is 0 Å². The molecule has 5 aromatic carbocycles. The predicted molar refractivity (Wildman–Crippen MR) is 216 cm³/mol. The SMILES string of the molecule is Cc1ccc2ccc3ccc(C)nc3c2n1.Cc1ccc2ccc3ccc(C)nc3c2n1.[Cu+].[O-]c1ccc(C(c2ccc(O)cc2)c2ccc(O)cc2)cc1. The molecule has 9 aromatic rings. The van der Waals surface area contributed by atoms with Crippen molar-refractivity contribution < 1.29 is 32.4 Å². The maximum atomic E-state index is 11.3. The fraction of sp³-hybridized carbons (Fsp3) is 0.106. The number of hydrogen-bond donors (Lipinski definition) is 2. The maximum absolute atomic E-state index is 11.3. The molecular formula is C47H39CuN4O3. The third kappa shape index (κ3) is 8.90. The van der Waals surface area contributed by atoms with Crippen molar-refractivity contribution in [1.29, 1.82) is 0 Å². The third-order valence-electron chi connectivity index (χ3n) is 9.26. The van der Waals surface area contributed by atoms with Gasteiger partial charge in [-0.1, -0.05) is 97.1 Å². The van der Waals surface area contributed by atoms with Gasteiger partial charge in [-0.3, -0.25) is 19.9 Å². The molecule has 0 aliphatic rings. The van der Waals surface area contributed by atoms with E-state index in [1.54, 1.807) is 36.4 Å². The van der Waals surface area contributed by atoms with Crippen molar-refractivity contribution in [2.45, 2.75) is 33.6 Å². The molecular weight excluding hydrogens is 732 g/mol. The van der Waals surface area contributed by atoms with Crippen LogP contribution in [0.4, 0.5) is 0 Å². The van der Waals surface area contributed by atoms with E-state index in [0.29, 0.717) is 0 Å². The Morgan fingerprint density at radius 3 is 0.873 bits per heavy atom. The molecule has 0 saturated carbocycles. The number of phenols is 2. The van der Waals surface area contributed by atoms with Crippen LogP contribution in [-0.2, 0) is 17.1 Å². The second kappa shape index (κ2) is 16.8. The van der Waals surface area contributed by atoms with E-state index in [1.807, 2.05) is 88.4 Å². The predicted octanol–water partition coefficient (Wildman–Crippen LogP) is 10.1. The molecule has 9 rings (SSSR count). The molecule has 276 valence electrons. The van der Waals surface area contributed by atoms with Crippen LogP contribution in [0.15, 0.2) is 146 Å². The van der Waals surface area contributed by atoms with Crippen molar-refractivity contribution in [2.24, 2.45) is 0 Å².